The molecule has 4 nitrogen and oxygen atoms in total. The molecule has 30 heavy (non-hydrogen) atoms. The van der Waals surface area contributed by atoms with Crippen molar-refractivity contribution in [2.45, 2.75) is 12.0 Å². The maximum Gasteiger partial charge on any atom is 0.338 e. The Bertz CT molecular complexity index is 1140. The number of carbonyl (C=O) groups is 2. The topological polar surface area (TPSA) is 52.6 Å². The highest BCUT2D eigenvalue weighted by Crippen LogP contribution is 2.49. The fourth-order valence-electron chi connectivity index (χ4n) is 3.60. The summed E-state index contributed by atoms with van der Waals surface area (Å²) < 4.78 is 11.9. The largest absolute Gasteiger partial charge is 0.495 e. The van der Waals surface area contributed by atoms with Gasteiger partial charge >= 0.3 is 5.97 Å². The first-order chi connectivity index (χ1) is 14.4. The summed E-state index contributed by atoms with van der Waals surface area (Å²) in [6, 6.07) is 17.2. The zero-order valence-electron chi connectivity index (χ0n) is 15.7. The van der Waals surface area contributed by atoms with Crippen molar-refractivity contribution in [1.82, 2.24) is 0 Å². The van der Waals surface area contributed by atoms with Gasteiger partial charge in [0, 0.05) is 15.6 Å². The molecule has 0 amide bonds. The molecular formula is C23H15BrCl2O4. The van der Waals surface area contributed by atoms with E-state index in [2.05, 4.69) is 15.9 Å². The van der Waals surface area contributed by atoms with E-state index in [-0.39, 0.29) is 15.8 Å². The number of ether oxygens (including phenoxy) is 2. The van der Waals surface area contributed by atoms with Gasteiger partial charge in [-0.3, -0.25) is 4.79 Å². The first kappa shape index (κ1) is 20.9. The summed E-state index contributed by atoms with van der Waals surface area (Å²) >= 11 is 16.2. The van der Waals surface area contributed by atoms with E-state index in [9.17, 15) is 9.59 Å². The van der Waals surface area contributed by atoms with E-state index in [1.165, 1.54) is 7.11 Å². The number of ketones is 1. The van der Waals surface area contributed by atoms with E-state index >= 15 is 0 Å². The number of carbonyl (C=O) groups excluding carboxylic acids is 2. The van der Waals surface area contributed by atoms with E-state index in [0.717, 1.165) is 4.47 Å². The Balaban J connectivity index is 1.77. The van der Waals surface area contributed by atoms with Gasteiger partial charge < -0.3 is 9.47 Å². The van der Waals surface area contributed by atoms with Crippen molar-refractivity contribution >= 4 is 50.9 Å². The van der Waals surface area contributed by atoms with Crippen molar-refractivity contribution in [3.63, 3.8) is 0 Å². The molecule has 3 aromatic carbocycles. The highest BCUT2D eigenvalue weighted by molar-refractivity contribution is 9.10. The molecule has 0 radical (unpaired) electrons. The molecule has 0 saturated carbocycles. The first-order valence-corrected chi connectivity index (χ1v) is 10.6. The summed E-state index contributed by atoms with van der Waals surface area (Å²) in [7, 11) is 1.48. The SMILES string of the molecule is COc1ccc(C2C(=O)c3ccccc3C2OC(=O)c2ccc(Br)cc2)c(Cl)c1Cl. The third kappa shape index (κ3) is 3.62. The zero-order chi connectivity index (χ0) is 21.4. The lowest BCUT2D eigenvalue weighted by Gasteiger charge is -2.22. The highest BCUT2D eigenvalue weighted by atomic mass is 79.9. The van der Waals surface area contributed by atoms with Crippen LogP contribution in [0.5, 0.6) is 5.75 Å². The molecule has 0 spiro atoms. The second kappa shape index (κ2) is 8.42. The Morgan fingerprint density at radius 1 is 0.933 bits per heavy atom. The van der Waals surface area contributed by atoms with Crippen LogP contribution in [0.2, 0.25) is 10.0 Å². The Kier molecular flexibility index (Phi) is 5.87. The lowest BCUT2D eigenvalue weighted by molar-refractivity contribution is 0.0259. The van der Waals surface area contributed by atoms with Crippen LogP contribution in [-0.2, 0) is 4.74 Å². The molecule has 1 aliphatic rings. The molecule has 0 saturated heterocycles. The molecule has 2 unspecified atom stereocenters. The van der Waals surface area contributed by atoms with Crippen LogP contribution in [0.3, 0.4) is 0 Å². The minimum atomic E-state index is -0.827. The summed E-state index contributed by atoms with van der Waals surface area (Å²) in [5, 5.41) is 0.408. The van der Waals surface area contributed by atoms with Gasteiger partial charge in [0.05, 0.1) is 23.6 Å². The van der Waals surface area contributed by atoms with Crippen molar-refractivity contribution in [2.24, 2.45) is 0 Å². The van der Waals surface area contributed by atoms with E-state index in [1.54, 1.807) is 60.7 Å². The third-order valence-electron chi connectivity index (χ3n) is 5.06. The maximum atomic E-state index is 13.3. The lowest BCUT2D eigenvalue weighted by Crippen LogP contribution is -2.18. The van der Waals surface area contributed by atoms with E-state index in [4.69, 9.17) is 32.7 Å². The summed E-state index contributed by atoms with van der Waals surface area (Å²) in [4.78, 5) is 26.1. The number of esters is 1. The number of hydrogen-bond donors (Lipinski definition) is 0. The molecule has 0 aromatic heterocycles. The van der Waals surface area contributed by atoms with Crippen LogP contribution >= 0.6 is 39.1 Å². The van der Waals surface area contributed by atoms with Crippen LogP contribution in [0, 0.1) is 0 Å². The number of hydrogen-bond acceptors (Lipinski definition) is 4. The minimum absolute atomic E-state index is 0.178. The number of methoxy groups -OCH3 is 1. The van der Waals surface area contributed by atoms with Crippen LogP contribution in [0.25, 0.3) is 0 Å². The summed E-state index contributed by atoms with van der Waals surface area (Å²) in [5.74, 6) is -1.12. The predicted octanol–water partition coefficient (Wildman–Crippen LogP) is 6.64. The molecule has 0 heterocycles. The molecular weight excluding hydrogens is 491 g/mol. The lowest BCUT2D eigenvalue weighted by atomic mass is 9.92. The molecule has 0 N–H and O–H groups in total. The molecule has 152 valence electrons. The average molecular weight is 506 g/mol. The molecule has 0 aliphatic heterocycles. The summed E-state index contributed by atoms with van der Waals surface area (Å²) in [5.41, 5.74) is 2.00. The summed E-state index contributed by atoms with van der Waals surface area (Å²) in [6.07, 6.45) is -0.827. The van der Waals surface area contributed by atoms with Gasteiger partial charge in [-0.05, 0) is 35.9 Å². The smallest absolute Gasteiger partial charge is 0.338 e. The third-order valence-corrected chi connectivity index (χ3v) is 6.47. The van der Waals surface area contributed by atoms with Gasteiger partial charge in [-0.2, -0.15) is 0 Å². The van der Waals surface area contributed by atoms with Gasteiger partial charge in [-0.1, -0.05) is 69.5 Å². The first-order valence-electron chi connectivity index (χ1n) is 9.04. The zero-order valence-corrected chi connectivity index (χ0v) is 18.8. The molecule has 2 atom stereocenters. The molecule has 0 fully saturated rings. The Morgan fingerprint density at radius 2 is 1.63 bits per heavy atom. The van der Waals surface area contributed by atoms with Crippen LogP contribution in [-0.4, -0.2) is 18.9 Å². The van der Waals surface area contributed by atoms with Gasteiger partial charge in [0.1, 0.15) is 16.9 Å². The quantitative estimate of drug-likeness (QED) is 0.373. The Labute approximate surface area is 191 Å². The molecule has 4 rings (SSSR count). The van der Waals surface area contributed by atoms with Gasteiger partial charge in [0.15, 0.2) is 5.78 Å². The Hall–Kier alpha value is -2.34. The number of benzene rings is 3. The van der Waals surface area contributed by atoms with Crippen LogP contribution in [0.15, 0.2) is 65.1 Å². The molecule has 3 aromatic rings. The highest BCUT2D eigenvalue weighted by Gasteiger charge is 2.44. The van der Waals surface area contributed by atoms with Crippen molar-refractivity contribution in [3.05, 3.63) is 97.4 Å². The van der Waals surface area contributed by atoms with Gasteiger partial charge in [-0.25, -0.2) is 4.79 Å². The molecule has 7 heteroatoms. The van der Waals surface area contributed by atoms with Gasteiger partial charge in [-0.15, -0.1) is 0 Å². The monoisotopic (exact) mass is 504 g/mol. The minimum Gasteiger partial charge on any atom is -0.495 e. The number of halogens is 3. The standard InChI is InChI=1S/C23H15BrCl2O4/c1-29-17-11-10-16(19(25)20(17)26)18-21(27)14-4-2-3-5-15(14)22(18)30-23(28)12-6-8-13(24)9-7-12/h2-11,18,22H,1H3. The van der Waals surface area contributed by atoms with Crippen molar-refractivity contribution in [2.75, 3.05) is 7.11 Å². The van der Waals surface area contributed by atoms with Crippen molar-refractivity contribution < 1.29 is 19.1 Å². The fraction of sp³-hybridized carbons (Fsp3) is 0.130. The normalized spacial score (nSPS) is 17.5. The van der Waals surface area contributed by atoms with Gasteiger partial charge in [0.25, 0.3) is 0 Å². The number of Topliss-reactive ketones (excluding diaryl/α,β-unsaturated/α-hetero) is 1. The second-order valence-electron chi connectivity index (χ2n) is 6.75. The van der Waals surface area contributed by atoms with E-state index in [1.807, 2.05) is 0 Å². The number of fused-ring (bicyclic) bond motifs is 1. The average Bonchev–Trinajstić information content (AvgIpc) is 3.02. The van der Waals surface area contributed by atoms with E-state index in [0.29, 0.717) is 28.0 Å². The van der Waals surface area contributed by atoms with E-state index < -0.39 is 18.0 Å². The number of rotatable bonds is 4. The van der Waals surface area contributed by atoms with Crippen molar-refractivity contribution in [1.29, 1.82) is 0 Å². The predicted molar refractivity (Wildman–Crippen MR) is 119 cm³/mol. The van der Waals surface area contributed by atoms with Crippen LogP contribution in [0.4, 0.5) is 0 Å². The summed E-state index contributed by atoms with van der Waals surface area (Å²) in [6.45, 7) is 0. The Morgan fingerprint density at radius 3 is 2.33 bits per heavy atom. The molecule has 0 bridgehead atoms. The van der Waals surface area contributed by atoms with Crippen molar-refractivity contribution in [3.8, 4) is 5.75 Å². The fourth-order valence-corrected chi connectivity index (χ4v) is 4.39. The van der Waals surface area contributed by atoms with Crippen LogP contribution < -0.4 is 4.74 Å². The molecule has 1 aliphatic carbocycles. The van der Waals surface area contributed by atoms with Gasteiger partial charge in [0.2, 0.25) is 0 Å². The van der Waals surface area contributed by atoms with Crippen LogP contribution in [0.1, 0.15) is 43.9 Å². The second-order valence-corrected chi connectivity index (χ2v) is 8.42. The maximum absolute atomic E-state index is 13.3.